The van der Waals surface area contributed by atoms with E-state index in [1.807, 2.05) is 6.92 Å². The molecular weight excluding hydrogens is 262 g/mol. The predicted octanol–water partition coefficient (Wildman–Crippen LogP) is 2.41. The van der Waals surface area contributed by atoms with Crippen LogP contribution in [0.4, 0.5) is 11.6 Å². The van der Waals surface area contributed by atoms with Crippen LogP contribution < -0.4 is 10.6 Å². The molecule has 1 aliphatic rings. The molecule has 118 valence electrons. The zero-order valence-corrected chi connectivity index (χ0v) is 14.1. The first-order valence-corrected chi connectivity index (χ1v) is 8.10. The number of nitrogens with two attached hydrogens (primary N) is 1. The number of anilines is 2. The SMILES string of the molecule is CCN(CC)C1CCN(c2nc(C(C)C)nc(N)c2C)C1. The van der Waals surface area contributed by atoms with Gasteiger partial charge >= 0.3 is 0 Å². The molecule has 5 nitrogen and oxygen atoms in total. The maximum Gasteiger partial charge on any atom is 0.137 e. The average molecular weight is 291 g/mol. The molecule has 1 atom stereocenters. The second-order valence-corrected chi connectivity index (χ2v) is 6.18. The van der Waals surface area contributed by atoms with Crippen LogP contribution in [0.1, 0.15) is 51.4 Å². The normalized spacial score (nSPS) is 19.0. The quantitative estimate of drug-likeness (QED) is 0.903. The fraction of sp³-hybridized carbons (Fsp3) is 0.750. The van der Waals surface area contributed by atoms with Crippen LogP contribution in [0.3, 0.4) is 0 Å². The number of rotatable bonds is 5. The Hall–Kier alpha value is -1.36. The van der Waals surface area contributed by atoms with E-state index in [1.165, 1.54) is 6.42 Å². The Morgan fingerprint density at radius 1 is 1.29 bits per heavy atom. The third kappa shape index (κ3) is 3.28. The van der Waals surface area contributed by atoms with Crippen molar-refractivity contribution in [2.75, 3.05) is 36.8 Å². The van der Waals surface area contributed by atoms with Crippen molar-refractivity contribution in [2.24, 2.45) is 0 Å². The monoisotopic (exact) mass is 291 g/mol. The summed E-state index contributed by atoms with van der Waals surface area (Å²) >= 11 is 0. The van der Waals surface area contributed by atoms with Crippen LogP contribution in [0.2, 0.25) is 0 Å². The summed E-state index contributed by atoms with van der Waals surface area (Å²) in [6.07, 6.45) is 1.20. The summed E-state index contributed by atoms with van der Waals surface area (Å²) in [7, 11) is 0. The first kappa shape index (κ1) is 16.0. The van der Waals surface area contributed by atoms with E-state index in [4.69, 9.17) is 10.7 Å². The van der Waals surface area contributed by atoms with Gasteiger partial charge in [-0.05, 0) is 26.4 Å². The minimum atomic E-state index is 0.299. The molecule has 1 saturated heterocycles. The summed E-state index contributed by atoms with van der Waals surface area (Å²) in [4.78, 5) is 14.1. The van der Waals surface area contributed by atoms with Crippen LogP contribution in [-0.2, 0) is 0 Å². The standard InChI is InChI=1S/C16H29N5/c1-6-20(7-2)13-8-9-21(10-13)16-12(5)14(17)18-15(19-16)11(3)4/h11,13H,6-10H2,1-5H3,(H2,17,18,19). The molecule has 5 heteroatoms. The molecule has 2 heterocycles. The van der Waals surface area contributed by atoms with Gasteiger partial charge in [0.1, 0.15) is 17.5 Å². The Morgan fingerprint density at radius 2 is 1.95 bits per heavy atom. The van der Waals surface area contributed by atoms with Crippen LogP contribution in [0, 0.1) is 6.92 Å². The Kier molecular flexibility index (Phi) is 5.04. The average Bonchev–Trinajstić information content (AvgIpc) is 2.92. The van der Waals surface area contributed by atoms with Crippen molar-refractivity contribution in [3.63, 3.8) is 0 Å². The van der Waals surface area contributed by atoms with E-state index in [9.17, 15) is 0 Å². The molecule has 1 aliphatic heterocycles. The summed E-state index contributed by atoms with van der Waals surface area (Å²) in [5.74, 6) is 2.79. The second kappa shape index (κ2) is 6.60. The van der Waals surface area contributed by atoms with Crippen molar-refractivity contribution in [1.29, 1.82) is 0 Å². The van der Waals surface area contributed by atoms with E-state index in [0.717, 1.165) is 43.4 Å². The minimum Gasteiger partial charge on any atom is -0.383 e. The van der Waals surface area contributed by atoms with E-state index in [-0.39, 0.29) is 0 Å². The van der Waals surface area contributed by atoms with Crippen LogP contribution in [0.5, 0.6) is 0 Å². The van der Waals surface area contributed by atoms with Gasteiger partial charge in [-0.2, -0.15) is 0 Å². The molecular formula is C16H29N5. The van der Waals surface area contributed by atoms with Crippen molar-refractivity contribution in [3.05, 3.63) is 11.4 Å². The van der Waals surface area contributed by atoms with Gasteiger partial charge in [0.25, 0.3) is 0 Å². The fourth-order valence-electron chi connectivity index (χ4n) is 3.08. The van der Waals surface area contributed by atoms with Crippen LogP contribution >= 0.6 is 0 Å². The molecule has 2 rings (SSSR count). The molecule has 1 fully saturated rings. The Bertz CT molecular complexity index is 482. The molecule has 0 amide bonds. The van der Waals surface area contributed by atoms with E-state index in [2.05, 4.69) is 42.5 Å². The van der Waals surface area contributed by atoms with Crippen LogP contribution in [0.15, 0.2) is 0 Å². The van der Waals surface area contributed by atoms with Crippen LogP contribution in [-0.4, -0.2) is 47.1 Å². The summed E-state index contributed by atoms with van der Waals surface area (Å²) in [6.45, 7) is 15.0. The predicted molar refractivity (Wildman–Crippen MR) is 88.8 cm³/mol. The summed E-state index contributed by atoms with van der Waals surface area (Å²) in [5.41, 5.74) is 7.10. The first-order valence-electron chi connectivity index (χ1n) is 8.10. The van der Waals surface area contributed by atoms with Crippen molar-refractivity contribution >= 4 is 11.6 Å². The molecule has 1 aromatic heterocycles. The van der Waals surface area contributed by atoms with Crippen molar-refractivity contribution in [2.45, 2.75) is 53.0 Å². The minimum absolute atomic E-state index is 0.299. The van der Waals surface area contributed by atoms with Gasteiger partial charge in [-0.15, -0.1) is 0 Å². The lowest BCUT2D eigenvalue weighted by molar-refractivity contribution is 0.232. The topological polar surface area (TPSA) is 58.3 Å². The van der Waals surface area contributed by atoms with Crippen molar-refractivity contribution in [1.82, 2.24) is 14.9 Å². The number of hydrogen-bond acceptors (Lipinski definition) is 5. The van der Waals surface area contributed by atoms with Crippen LogP contribution in [0.25, 0.3) is 0 Å². The van der Waals surface area contributed by atoms with Gasteiger partial charge in [-0.25, -0.2) is 9.97 Å². The smallest absolute Gasteiger partial charge is 0.137 e. The highest BCUT2D eigenvalue weighted by molar-refractivity contribution is 5.57. The fourth-order valence-corrected chi connectivity index (χ4v) is 3.08. The molecule has 0 aromatic carbocycles. The maximum atomic E-state index is 6.09. The highest BCUT2D eigenvalue weighted by atomic mass is 15.3. The molecule has 2 N–H and O–H groups in total. The number of nitrogens with zero attached hydrogens (tertiary/aromatic N) is 4. The Morgan fingerprint density at radius 3 is 2.52 bits per heavy atom. The number of likely N-dealkylation sites (N-methyl/N-ethyl adjacent to an activating group) is 1. The molecule has 0 radical (unpaired) electrons. The van der Waals surface area contributed by atoms with Gasteiger partial charge in [0.15, 0.2) is 0 Å². The summed E-state index contributed by atoms with van der Waals surface area (Å²) in [6, 6.07) is 0.623. The largest absolute Gasteiger partial charge is 0.383 e. The van der Waals surface area contributed by atoms with E-state index < -0.39 is 0 Å². The maximum absolute atomic E-state index is 6.09. The molecule has 1 aromatic rings. The number of hydrogen-bond donors (Lipinski definition) is 1. The highest BCUT2D eigenvalue weighted by Gasteiger charge is 2.28. The van der Waals surface area contributed by atoms with Gasteiger partial charge < -0.3 is 10.6 Å². The first-order chi connectivity index (χ1) is 9.97. The van der Waals surface area contributed by atoms with Gasteiger partial charge in [0.2, 0.25) is 0 Å². The lowest BCUT2D eigenvalue weighted by atomic mass is 10.2. The summed E-state index contributed by atoms with van der Waals surface area (Å²) in [5, 5.41) is 0. The third-order valence-corrected chi connectivity index (χ3v) is 4.48. The number of nitrogen functional groups attached to an aromatic ring is 1. The van der Waals surface area contributed by atoms with Gasteiger partial charge in [-0.1, -0.05) is 27.7 Å². The summed E-state index contributed by atoms with van der Waals surface area (Å²) < 4.78 is 0. The van der Waals surface area contributed by atoms with E-state index >= 15 is 0 Å². The third-order valence-electron chi connectivity index (χ3n) is 4.48. The Labute approximate surface area is 128 Å². The molecule has 0 aliphatic carbocycles. The van der Waals surface area contributed by atoms with E-state index in [0.29, 0.717) is 17.8 Å². The number of aromatic nitrogens is 2. The molecule has 21 heavy (non-hydrogen) atoms. The molecule has 0 saturated carbocycles. The zero-order chi connectivity index (χ0) is 15.6. The van der Waals surface area contributed by atoms with Gasteiger partial charge in [-0.3, -0.25) is 4.90 Å². The van der Waals surface area contributed by atoms with Gasteiger partial charge in [0, 0.05) is 30.6 Å². The zero-order valence-electron chi connectivity index (χ0n) is 14.1. The van der Waals surface area contributed by atoms with Gasteiger partial charge in [0.05, 0.1) is 0 Å². The second-order valence-electron chi connectivity index (χ2n) is 6.18. The van der Waals surface area contributed by atoms with Crippen molar-refractivity contribution < 1.29 is 0 Å². The molecule has 1 unspecified atom stereocenters. The van der Waals surface area contributed by atoms with E-state index in [1.54, 1.807) is 0 Å². The highest BCUT2D eigenvalue weighted by Crippen LogP contribution is 2.28. The lowest BCUT2D eigenvalue weighted by Crippen LogP contribution is -2.37. The molecule has 0 bridgehead atoms. The lowest BCUT2D eigenvalue weighted by Gasteiger charge is -2.27. The van der Waals surface area contributed by atoms with Crippen molar-refractivity contribution in [3.8, 4) is 0 Å². The molecule has 0 spiro atoms. The Balaban J connectivity index is 2.23.